The Kier molecular flexibility index (Phi) is 3.89. The lowest BCUT2D eigenvalue weighted by atomic mass is 9.77. The fourth-order valence-electron chi connectivity index (χ4n) is 3.18. The molecular formula is C18H20ClN5O. The van der Waals surface area contributed by atoms with Crippen LogP contribution in [0.1, 0.15) is 50.5 Å². The highest BCUT2D eigenvalue weighted by molar-refractivity contribution is 6.30. The largest absolute Gasteiger partial charge is 0.334 e. The molecule has 0 unspecified atom stereocenters. The molecule has 6 nitrogen and oxygen atoms in total. The summed E-state index contributed by atoms with van der Waals surface area (Å²) in [5.41, 5.74) is 8.66. The van der Waals surface area contributed by atoms with Gasteiger partial charge in [0.1, 0.15) is 0 Å². The van der Waals surface area contributed by atoms with E-state index in [4.69, 9.17) is 21.9 Å². The molecule has 7 heteroatoms. The zero-order valence-corrected chi connectivity index (χ0v) is 15.0. The summed E-state index contributed by atoms with van der Waals surface area (Å²) in [6.07, 6.45) is 4.66. The molecule has 2 N–H and O–H groups in total. The van der Waals surface area contributed by atoms with Crippen molar-refractivity contribution < 1.29 is 4.52 Å². The maximum Gasteiger partial charge on any atom is 0.261 e. The van der Waals surface area contributed by atoms with Crippen molar-refractivity contribution in [2.45, 2.75) is 44.6 Å². The second kappa shape index (κ2) is 5.97. The summed E-state index contributed by atoms with van der Waals surface area (Å²) in [4.78, 5) is 4.56. The van der Waals surface area contributed by atoms with Crippen molar-refractivity contribution in [2.75, 3.05) is 0 Å². The van der Waals surface area contributed by atoms with Crippen LogP contribution >= 0.6 is 11.6 Å². The van der Waals surface area contributed by atoms with E-state index in [1.54, 1.807) is 6.20 Å². The van der Waals surface area contributed by atoms with E-state index >= 15 is 0 Å². The standard InChI is InChI=1S/C18H20ClN5O/c1-11(2)15-14(10-21-24(15)13-6-4-12(19)5-7-13)16-22-17(23-25-16)18(20)8-3-9-18/h4-7,10-11H,3,8-9,20H2,1-2H3. The number of nitrogens with zero attached hydrogens (tertiary/aromatic N) is 4. The number of hydrogen-bond acceptors (Lipinski definition) is 5. The smallest absolute Gasteiger partial charge is 0.261 e. The first kappa shape index (κ1) is 16.3. The van der Waals surface area contributed by atoms with Crippen LogP contribution in [0.4, 0.5) is 0 Å². The molecule has 130 valence electrons. The number of benzene rings is 1. The van der Waals surface area contributed by atoms with Gasteiger partial charge in [-0.25, -0.2) is 4.68 Å². The van der Waals surface area contributed by atoms with Crippen molar-refractivity contribution in [2.24, 2.45) is 5.73 Å². The van der Waals surface area contributed by atoms with Crippen LogP contribution in [-0.4, -0.2) is 19.9 Å². The summed E-state index contributed by atoms with van der Waals surface area (Å²) >= 11 is 5.99. The average Bonchev–Trinajstić information content (AvgIpc) is 3.20. The lowest BCUT2D eigenvalue weighted by molar-refractivity contribution is 0.229. The Hall–Kier alpha value is -2.18. The summed E-state index contributed by atoms with van der Waals surface area (Å²) in [5, 5.41) is 9.34. The minimum absolute atomic E-state index is 0.221. The van der Waals surface area contributed by atoms with Crippen LogP contribution in [0.5, 0.6) is 0 Å². The van der Waals surface area contributed by atoms with E-state index in [0.717, 1.165) is 36.2 Å². The SMILES string of the molecule is CC(C)c1c(-c2nc(C3(N)CCC3)no2)cnn1-c1ccc(Cl)cc1. The normalized spacial score (nSPS) is 16.2. The maximum atomic E-state index is 6.31. The molecule has 0 radical (unpaired) electrons. The van der Waals surface area contributed by atoms with Crippen molar-refractivity contribution in [3.63, 3.8) is 0 Å². The minimum Gasteiger partial charge on any atom is -0.334 e. The predicted octanol–water partition coefficient (Wildman–Crippen LogP) is 4.04. The van der Waals surface area contributed by atoms with E-state index in [-0.39, 0.29) is 5.92 Å². The van der Waals surface area contributed by atoms with Crippen LogP contribution in [0.3, 0.4) is 0 Å². The Morgan fingerprint density at radius 3 is 2.56 bits per heavy atom. The first-order valence-corrected chi connectivity index (χ1v) is 8.83. The van der Waals surface area contributed by atoms with E-state index in [1.807, 2.05) is 28.9 Å². The number of aromatic nitrogens is 4. The summed E-state index contributed by atoms with van der Waals surface area (Å²) in [6.45, 7) is 4.22. The van der Waals surface area contributed by atoms with E-state index in [0.29, 0.717) is 16.7 Å². The molecule has 1 aliphatic carbocycles. The molecule has 1 aromatic carbocycles. The molecule has 1 saturated carbocycles. The molecular weight excluding hydrogens is 338 g/mol. The van der Waals surface area contributed by atoms with Crippen LogP contribution in [0.2, 0.25) is 5.02 Å². The number of nitrogens with two attached hydrogens (primary N) is 1. The highest BCUT2D eigenvalue weighted by atomic mass is 35.5. The van der Waals surface area contributed by atoms with Crippen LogP contribution in [0, 0.1) is 0 Å². The second-order valence-corrected chi connectivity index (χ2v) is 7.36. The zero-order valence-electron chi connectivity index (χ0n) is 14.2. The third-order valence-electron chi connectivity index (χ3n) is 4.77. The monoisotopic (exact) mass is 357 g/mol. The summed E-state index contributed by atoms with van der Waals surface area (Å²) in [6, 6.07) is 7.57. The van der Waals surface area contributed by atoms with Gasteiger partial charge in [-0.2, -0.15) is 10.1 Å². The lowest BCUT2D eigenvalue weighted by Gasteiger charge is -2.34. The Balaban J connectivity index is 1.77. The van der Waals surface area contributed by atoms with Gasteiger partial charge in [-0.05, 0) is 49.4 Å². The van der Waals surface area contributed by atoms with Crippen molar-refractivity contribution in [3.05, 3.63) is 47.0 Å². The quantitative estimate of drug-likeness (QED) is 0.762. The van der Waals surface area contributed by atoms with Crippen molar-refractivity contribution in [1.29, 1.82) is 0 Å². The van der Waals surface area contributed by atoms with Crippen molar-refractivity contribution in [1.82, 2.24) is 19.9 Å². The van der Waals surface area contributed by atoms with Crippen LogP contribution in [0.25, 0.3) is 17.1 Å². The van der Waals surface area contributed by atoms with E-state index in [1.165, 1.54) is 0 Å². The first-order chi connectivity index (χ1) is 12.0. The predicted molar refractivity (Wildman–Crippen MR) is 95.7 cm³/mol. The molecule has 0 aliphatic heterocycles. The van der Waals surface area contributed by atoms with E-state index in [2.05, 4.69) is 29.1 Å². The van der Waals surface area contributed by atoms with Crippen LogP contribution < -0.4 is 5.73 Å². The Morgan fingerprint density at radius 1 is 1.24 bits per heavy atom. The molecule has 2 heterocycles. The second-order valence-electron chi connectivity index (χ2n) is 6.92. The van der Waals surface area contributed by atoms with Gasteiger partial charge in [0.25, 0.3) is 5.89 Å². The van der Waals surface area contributed by atoms with Gasteiger partial charge in [-0.15, -0.1) is 0 Å². The topological polar surface area (TPSA) is 82.8 Å². The van der Waals surface area contributed by atoms with Gasteiger partial charge >= 0.3 is 0 Å². The van der Waals surface area contributed by atoms with Crippen LogP contribution in [0.15, 0.2) is 35.0 Å². The molecule has 3 aromatic rings. The third kappa shape index (κ3) is 2.75. The van der Waals surface area contributed by atoms with Crippen molar-refractivity contribution in [3.8, 4) is 17.1 Å². The van der Waals surface area contributed by atoms with Gasteiger partial charge in [-0.1, -0.05) is 30.6 Å². The number of hydrogen-bond donors (Lipinski definition) is 1. The maximum absolute atomic E-state index is 6.31. The fraction of sp³-hybridized carbons (Fsp3) is 0.389. The molecule has 1 fully saturated rings. The van der Waals surface area contributed by atoms with Gasteiger partial charge in [0.15, 0.2) is 5.82 Å². The number of rotatable bonds is 4. The van der Waals surface area contributed by atoms with Gasteiger partial charge in [0.05, 0.1) is 28.7 Å². The molecule has 1 aliphatic rings. The number of halogens is 1. The van der Waals surface area contributed by atoms with E-state index in [9.17, 15) is 0 Å². The van der Waals surface area contributed by atoms with Gasteiger partial charge in [0.2, 0.25) is 0 Å². The molecule has 0 amide bonds. The fourth-order valence-corrected chi connectivity index (χ4v) is 3.31. The average molecular weight is 358 g/mol. The molecule has 0 atom stereocenters. The summed E-state index contributed by atoms with van der Waals surface area (Å²) in [7, 11) is 0. The Labute approximate surface area is 151 Å². The first-order valence-electron chi connectivity index (χ1n) is 8.45. The zero-order chi connectivity index (χ0) is 17.6. The lowest BCUT2D eigenvalue weighted by Crippen LogP contribution is -2.44. The molecule has 0 spiro atoms. The van der Waals surface area contributed by atoms with Gasteiger partial charge < -0.3 is 10.3 Å². The van der Waals surface area contributed by atoms with Crippen LogP contribution in [-0.2, 0) is 5.54 Å². The highest BCUT2D eigenvalue weighted by Crippen LogP contribution is 2.38. The third-order valence-corrected chi connectivity index (χ3v) is 5.02. The van der Waals surface area contributed by atoms with Gasteiger partial charge in [-0.3, -0.25) is 0 Å². The highest BCUT2D eigenvalue weighted by Gasteiger charge is 2.39. The molecule has 4 rings (SSSR count). The summed E-state index contributed by atoms with van der Waals surface area (Å²) in [5.74, 6) is 1.28. The molecule has 0 bridgehead atoms. The van der Waals surface area contributed by atoms with Crippen molar-refractivity contribution >= 4 is 11.6 Å². The minimum atomic E-state index is -0.439. The van der Waals surface area contributed by atoms with Gasteiger partial charge in [0, 0.05) is 5.02 Å². The molecule has 25 heavy (non-hydrogen) atoms. The molecule has 0 saturated heterocycles. The molecule has 2 aromatic heterocycles. The Morgan fingerprint density at radius 2 is 1.96 bits per heavy atom. The Bertz CT molecular complexity index is 893. The summed E-state index contributed by atoms with van der Waals surface area (Å²) < 4.78 is 7.41. The van der Waals surface area contributed by atoms with E-state index < -0.39 is 5.54 Å².